The largest absolute Gasteiger partial charge is 0.477 e. The van der Waals surface area contributed by atoms with Crippen LogP contribution in [-0.2, 0) is 23.4 Å². The topological polar surface area (TPSA) is 128 Å². The summed E-state index contributed by atoms with van der Waals surface area (Å²) in [5, 5.41) is 25.7. The van der Waals surface area contributed by atoms with Crippen LogP contribution in [0, 0.1) is 6.92 Å². The average Bonchev–Trinajstić information content (AvgIpc) is 2.90. The number of nitrogens with zero attached hydrogens (tertiary/aromatic N) is 7. The summed E-state index contributed by atoms with van der Waals surface area (Å²) in [7, 11) is 1.52. The van der Waals surface area contributed by atoms with Crippen molar-refractivity contribution in [1.29, 1.82) is 0 Å². The van der Waals surface area contributed by atoms with E-state index in [4.69, 9.17) is 9.99 Å². The molecule has 0 saturated heterocycles. The lowest BCUT2D eigenvalue weighted by atomic mass is 10.1. The Balaban J connectivity index is 2.12. The highest BCUT2D eigenvalue weighted by Gasteiger charge is 2.12. The molecule has 24 heavy (non-hydrogen) atoms. The van der Waals surface area contributed by atoms with E-state index in [9.17, 15) is 4.79 Å². The Morgan fingerprint density at radius 2 is 2.12 bits per heavy atom. The van der Waals surface area contributed by atoms with Gasteiger partial charge >= 0.3 is 5.69 Å². The van der Waals surface area contributed by atoms with Crippen molar-refractivity contribution in [3.8, 4) is 5.69 Å². The zero-order valence-corrected chi connectivity index (χ0v) is 13.0. The van der Waals surface area contributed by atoms with Crippen molar-refractivity contribution in [1.82, 2.24) is 19.8 Å². The molecule has 0 amide bonds. The summed E-state index contributed by atoms with van der Waals surface area (Å²) in [4.78, 5) is 15.5. The van der Waals surface area contributed by atoms with Gasteiger partial charge in [0.1, 0.15) is 6.61 Å². The first kappa shape index (κ1) is 17.0. The summed E-state index contributed by atoms with van der Waals surface area (Å²) >= 11 is 0. The molecule has 0 bridgehead atoms. The van der Waals surface area contributed by atoms with Gasteiger partial charge in [-0.25, -0.2) is 9.78 Å². The van der Waals surface area contributed by atoms with Gasteiger partial charge < -0.3 is 4.74 Å². The van der Waals surface area contributed by atoms with E-state index in [1.165, 1.54) is 17.9 Å². The third-order valence-electron chi connectivity index (χ3n) is 2.99. The van der Waals surface area contributed by atoms with E-state index in [0.717, 1.165) is 28.4 Å². The number of rotatable bonds is 7. The number of aryl methyl sites for hydroxylation is 2. The van der Waals surface area contributed by atoms with E-state index in [1.54, 1.807) is 6.07 Å². The average molecular weight is 333 g/mol. The van der Waals surface area contributed by atoms with Crippen molar-refractivity contribution in [2.75, 3.05) is 0 Å². The van der Waals surface area contributed by atoms with Crippen LogP contribution in [0.15, 0.2) is 38.4 Å². The molecule has 1 aromatic carbocycles. The monoisotopic (exact) mass is 333 g/mol. The van der Waals surface area contributed by atoms with Crippen LogP contribution in [0.4, 0.5) is 0 Å². The van der Waals surface area contributed by atoms with Crippen LogP contribution < -0.4 is 5.69 Å². The Morgan fingerprint density at radius 3 is 2.83 bits per heavy atom. The molecule has 0 aliphatic heterocycles. The second-order valence-electron chi connectivity index (χ2n) is 4.50. The number of aromatic nitrogens is 4. The second-order valence-corrected chi connectivity index (χ2v) is 4.50. The molecule has 11 heteroatoms. The van der Waals surface area contributed by atoms with E-state index in [-0.39, 0.29) is 12.3 Å². The molecule has 0 fully saturated rings. The number of benzene rings is 1. The molecular weight excluding hydrogens is 318 g/mol. The standard InChI is InChI=1S/C13H15N7O4/c1-10-4-3-5-12(20-13(21)19(2)17-18-20)11(10)8-23-9-15-14-6-7-16-24-22/h3-7,9,22H,8H2,1-2H3/b14-6-,15-9?,16-7?. The zero-order valence-electron chi connectivity index (χ0n) is 13.0. The van der Waals surface area contributed by atoms with Gasteiger partial charge in [0.25, 0.3) is 0 Å². The summed E-state index contributed by atoms with van der Waals surface area (Å²) in [6.07, 6.45) is 3.42. The van der Waals surface area contributed by atoms with Crippen molar-refractivity contribution in [3.05, 3.63) is 39.8 Å². The lowest BCUT2D eigenvalue weighted by Crippen LogP contribution is -2.23. The molecule has 2 aromatic rings. The first-order chi connectivity index (χ1) is 11.6. The summed E-state index contributed by atoms with van der Waals surface area (Å²) in [5.41, 5.74) is 1.92. The molecule has 0 aliphatic rings. The van der Waals surface area contributed by atoms with Crippen molar-refractivity contribution < 1.29 is 15.0 Å². The fourth-order valence-electron chi connectivity index (χ4n) is 1.84. The maximum absolute atomic E-state index is 12.0. The molecule has 0 aliphatic carbocycles. The van der Waals surface area contributed by atoms with Crippen LogP contribution in [0.2, 0.25) is 0 Å². The summed E-state index contributed by atoms with van der Waals surface area (Å²) < 4.78 is 7.66. The lowest BCUT2D eigenvalue weighted by Gasteiger charge is -2.10. The molecule has 0 atom stereocenters. The predicted molar refractivity (Wildman–Crippen MR) is 85.3 cm³/mol. The molecule has 0 saturated carbocycles. The summed E-state index contributed by atoms with van der Waals surface area (Å²) in [6, 6.07) is 5.46. The minimum atomic E-state index is -0.356. The molecule has 11 nitrogen and oxygen atoms in total. The van der Waals surface area contributed by atoms with Gasteiger partial charge in [0.2, 0.25) is 0 Å². The lowest BCUT2D eigenvalue weighted by molar-refractivity contribution is -0.242. The third kappa shape index (κ3) is 4.10. The molecule has 1 heterocycles. The Kier molecular flexibility index (Phi) is 5.91. The normalized spacial score (nSPS) is 11.8. The van der Waals surface area contributed by atoms with Gasteiger partial charge in [0.05, 0.1) is 18.1 Å². The predicted octanol–water partition coefficient (Wildman–Crippen LogP) is 0.281. The molecule has 1 N–H and O–H groups in total. The molecule has 126 valence electrons. The molecular formula is C13H15N7O4. The summed E-state index contributed by atoms with van der Waals surface area (Å²) in [6.45, 7) is 2.06. The van der Waals surface area contributed by atoms with Crippen molar-refractivity contribution in [2.24, 2.45) is 22.4 Å². The quantitative estimate of drug-likeness (QED) is 0.335. The Hall–Kier alpha value is -3.34. The van der Waals surface area contributed by atoms with Gasteiger partial charge in [-0.05, 0) is 29.0 Å². The molecule has 0 spiro atoms. The van der Waals surface area contributed by atoms with Crippen LogP contribution in [-0.4, -0.2) is 43.9 Å². The number of hydrogen-bond donors (Lipinski definition) is 1. The van der Waals surface area contributed by atoms with Crippen molar-refractivity contribution in [2.45, 2.75) is 13.5 Å². The molecule has 0 radical (unpaired) electrons. The smallest absolute Gasteiger partial charge is 0.368 e. The maximum Gasteiger partial charge on any atom is 0.368 e. The Bertz CT molecular complexity index is 822. The van der Waals surface area contributed by atoms with E-state index >= 15 is 0 Å². The second kappa shape index (κ2) is 8.33. The van der Waals surface area contributed by atoms with Gasteiger partial charge in [-0.15, -0.1) is 5.10 Å². The number of oxime groups is 1. The van der Waals surface area contributed by atoms with Crippen LogP contribution in [0.3, 0.4) is 0 Å². The van der Waals surface area contributed by atoms with Gasteiger partial charge in [-0.1, -0.05) is 17.3 Å². The fourth-order valence-corrected chi connectivity index (χ4v) is 1.84. The van der Waals surface area contributed by atoms with Gasteiger partial charge in [0.15, 0.2) is 6.40 Å². The Morgan fingerprint density at radius 1 is 1.29 bits per heavy atom. The minimum Gasteiger partial charge on any atom is -0.477 e. The van der Waals surface area contributed by atoms with Crippen molar-refractivity contribution in [3.63, 3.8) is 0 Å². The van der Waals surface area contributed by atoms with E-state index in [0.29, 0.717) is 5.69 Å². The van der Waals surface area contributed by atoms with E-state index in [1.807, 2.05) is 19.1 Å². The summed E-state index contributed by atoms with van der Waals surface area (Å²) in [5.74, 6) is 0. The van der Waals surface area contributed by atoms with Crippen LogP contribution in [0.1, 0.15) is 11.1 Å². The maximum atomic E-state index is 12.0. The molecule has 2 rings (SSSR count). The van der Waals surface area contributed by atoms with E-state index < -0.39 is 0 Å². The molecule has 0 unspecified atom stereocenters. The third-order valence-corrected chi connectivity index (χ3v) is 2.99. The van der Waals surface area contributed by atoms with Gasteiger partial charge in [0, 0.05) is 12.6 Å². The highest BCUT2D eigenvalue weighted by Crippen LogP contribution is 2.17. The Labute approximate surface area is 136 Å². The highest BCUT2D eigenvalue weighted by molar-refractivity contribution is 6.15. The minimum absolute atomic E-state index is 0.165. The molecule has 1 aromatic heterocycles. The number of ether oxygens (including phenoxy) is 1. The van der Waals surface area contributed by atoms with Gasteiger partial charge in [-0.2, -0.15) is 19.7 Å². The first-order valence-corrected chi connectivity index (χ1v) is 6.72. The SMILES string of the molecule is Cc1cccc(-n2nnn(C)c2=O)c1COC=N/N=C\C=NOO. The first-order valence-electron chi connectivity index (χ1n) is 6.72. The van der Waals surface area contributed by atoms with Crippen LogP contribution in [0.5, 0.6) is 0 Å². The van der Waals surface area contributed by atoms with Gasteiger partial charge in [-0.3, -0.25) is 0 Å². The zero-order chi connectivity index (χ0) is 17.4. The van der Waals surface area contributed by atoms with Crippen molar-refractivity contribution >= 4 is 18.8 Å². The number of hydrogen-bond acceptors (Lipinski definition) is 9. The van der Waals surface area contributed by atoms with Crippen LogP contribution >= 0.6 is 0 Å². The highest BCUT2D eigenvalue weighted by atomic mass is 17.2. The van der Waals surface area contributed by atoms with Crippen LogP contribution in [0.25, 0.3) is 5.69 Å². The van der Waals surface area contributed by atoms with E-state index in [2.05, 4.69) is 30.8 Å². The fraction of sp³-hybridized carbons (Fsp3) is 0.231. The number of tetrazole rings is 1.